The zero-order chi connectivity index (χ0) is 15.8. The summed E-state index contributed by atoms with van der Waals surface area (Å²) < 4.78 is 6.00. The van der Waals surface area contributed by atoms with E-state index in [1.165, 1.54) is 31.5 Å². The molecule has 1 aliphatic heterocycles. The summed E-state index contributed by atoms with van der Waals surface area (Å²) in [5, 5.41) is 1.97. The third kappa shape index (κ3) is 5.95. The third-order valence-electron chi connectivity index (χ3n) is 4.18. The summed E-state index contributed by atoms with van der Waals surface area (Å²) in [4.78, 5) is 2.58. The standard InChI is InChI=1S/C18H31N3O/c1-16-8-6-11-21(15-16)12-7-13-22-18-10-5-4-9-17(18)14-19-20(2)3/h4-5,9-10,16,19H,6-8,11-15H2,1-3H3/t16-/m1/s1. The summed E-state index contributed by atoms with van der Waals surface area (Å²) in [5.74, 6) is 1.86. The van der Waals surface area contributed by atoms with Crippen molar-refractivity contribution in [3.63, 3.8) is 0 Å². The molecular weight excluding hydrogens is 274 g/mol. The van der Waals surface area contributed by atoms with Crippen LogP contribution in [-0.2, 0) is 6.54 Å². The summed E-state index contributed by atoms with van der Waals surface area (Å²) in [5.41, 5.74) is 4.51. The lowest BCUT2D eigenvalue weighted by Gasteiger charge is -2.30. The van der Waals surface area contributed by atoms with Crippen LogP contribution in [0, 0.1) is 5.92 Å². The Bertz CT molecular complexity index is 436. The molecule has 0 bridgehead atoms. The van der Waals surface area contributed by atoms with Gasteiger partial charge in [0, 0.05) is 39.3 Å². The van der Waals surface area contributed by atoms with Crippen LogP contribution >= 0.6 is 0 Å². The molecule has 4 nitrogen and oxygen atoms in total. The molecule has 1 aliphatic rings. The summed E-state index contributed by atoms with van der Waals surface area (Å²) in [6.07, 6.45) is 3.84. The van der Waals surface area contributed by atoms with Crippen LogP contribution in [0.3, 0.4) is 0 Å². The van der Waals surface area contributed by atoms with Gasteiger partial charge in [-0.15, -0.1) is 0 Å². The van der Waals surface area contributed by atoms with Gasteiger partial charge in [-0.05, 0) is 37.8 Å². The molecule has 1 fully saturated rings. The maximum absolute atomic E-state index is 6.00. The molecule has 0 radical (unpaired) electrons. The first kappa shape index (κ1) is 17.3. The first-order valence-corrected chi connectivity index (χ1v) is 8.49. The van der Waals surface area contributed by atoms with Crippen LogP contribution in [0.25, 0.3) is 0 Å². The molecule has 1 saturated heterocycles. The van der Waals surface area contributed by atoms with E-state index in [4.69, 9.17) is 4.74 Å². The quantitative estimate of drug-likeness (QED) is 0.590. The summed E-state index contributed by atoms with van der Waals surface area (Å²) >= 11 is 0. The zero-order valence-corrected chi connectivity index (χ0v) is 14.3. The van der Waals surface area contributed by atoms with Crippen LogP contribution in [-0.4, -0.2) is 50.2 Å². The first-order chi connectivity index (χ1) is 10.6. The Balaban J connectivity index is 1.72. The summed E-state index contributed by atoms with van der Waals surface area (Å²) in [6.45, 7) is 7.62. The molecule has 4 heteroatoms. The average molecular weight is 305 g/mol. The molecule has 1 aromatic carbocycles. The van der Waals surface area contributed by atoms with Gasteiger partial charge < -0.3 is 9.64 Å². The Morgan fingerprint density at radius 1 is 1.32 bits per heavy atom. The summed E-state index contributed by atoms with van der Waals surface area (Å²) in [7, 11) is 4.01. The van der Waals surface area contributed by atoms with E-state index < -0.39 is 0 Å². The van der Waals surface area contributed by atoms with Crippen molar-refractivity contribution >= 4 is 0 Å². The van der Waals surface area contributed by atoms with Crippen LogP contribution in [0.4, 0.5) is 0 Å². The number of hydrogen-bond acceptors (Lipinski definition) is 4. The minimum Gasteiger partial charge on any atom is -0.493 e. The number of nitrogens with one attached hydrogen (secondary N) is 1. The molecule has 1 aromatic rings. The molecule has 124 valence electrons. The van der Waals surface area contributed by atoms with E-state index in [0.717, 1.165) is 37.8 Å². The second-order valence-electron chi connectivity index (χ2n) is 6.59. The highest BCUT2D eigenvalue weighted by atomic mass is 16.5. The molecule has 1 N–H and O–H groups in total. The summed E-state index contributed by atoms with van der Waals surface area (Å²) in [6, 6.07) is 8.29. The molecular formula is C18H31N3O. The van der Waals surface area contributed by atoms with Crippen LogP contribution in [0.5, 0.6) is 5.75 Å². The number of hydrazine groups is 1. The van der Waals surface area contributed by atoms with Gasteiger partial charge in [-0.1, -0.05) is 25.1 Å². The largest absolute Gasteiger partial charge is 0.493 e. The molecule has 0 aliphatic carbocycles. The average Bonchev–Trinajstić information content (AvgIpc) is 2.50. The molecule has 0 unspecified atom stereocenters. The number of para-hydroxylation sites is 1. The van der Waals surface area contributed by atoms with Crippen molar-refractivity contribution in [2.45, 2.75) is 32.7 Å². The molecule has 0 amide bonds. The minimum absolute atomic E-state index is 0.795. The van der Waals surface area contributed by atoms with Gasteiger partial charge >= 0.3 is 0 Å². The van der Waals surface area contributed by atoms with E-state index in [1.807, 2.05) is 25.2 Å². The van der Waals surface area contributed by atoms with Crippen molar-refractivity contribution in [2.24, 2.45) is 5.92 Å². The SMILES string of the molecule is C[C@@H]1CCCN(CCCOc2ccccc2CNN(C)C)C1. The van der Waals surface area contributed by atoms with E-state index in [0.29, 0.717) is 0 Å². The van der Waals surface area contributed by atoms with Gasteiger partial charge in [0.2, 0.25) is 0 Å². The minimum atomic E-state index is 0.795. The lowest BCUT2D eigenvalue weighted by Crippen LogP contribution is -2.35. The molecule has 0 saturated carbocycles. The van der Waals surface area contributed by atoms with Gasteiger partial charge in [0.1, 0.15) is 5.75 Å². The maximum Gasteiger partial charge on any atom is 0.123 e. The topological polar surface area (TPSA) is 27.7 Å². The fourth-order valence-electron chi connectivity index (χ4n) is 2.99. The van der Waals surface area contributed by atoms with Crippen molar-refractivity contribution in [3.05, 3.63) is 29.8 Å². The number of piperidine rings is 1. The van der Waals surface area contributed by atoms with E-state index in [1.54, 1.807) is 0 Å². The second-order valence-corrected chi connectivity index (χ2v) is 6.59. The Kier molecular flexibility index (Phi) is 7.16. The Hall–Kier alpha value is -1.10. The smallest absolute Gasteiger partial charge is 0.123 e. The van der Waals surface area contributed by atoms with Gasteiger partial charge in [-0.3, -0.25) is 10.4 Å². The lowest BCUT2D eigenvalue weighted by molar-refractivity contribution is 0.169. The number of nitrogens with zero attached hydrogens (tertiary/aromatic N) is 2. The molecule has 0 spiro atoms. The number of likely N-dealkylation sites (tertiary alicyclic amines) is 1. The zero-order valence-electron chi connectivity index (χ0n) is 14.3. The number of rotatable bonds is 8. The molecule has 1 heterocycles. The second kappa shape index (κ2) is 9.13. The fraction of sp³-hybridized carbons (Fsp3) is 0.667. The monoisotopic (exact) mass is 305 g/mol. The number of ether oxygens (including phenoxy) is 1. The van der Waals surface area contributed by atoms with E-state index in [2.05, 4.69) is 35.4 Å². The van der Waals surface area contributed by atoms with Crippen molar-refractivity contribution in [1.82, 2.24) is 15.3 Å². The highest BCUT2D eigenvalue weighted by Gasteiger charge is 2.15. The number of hydrogen-bond donors (Lipinski definition) is 1. The van der Waals surface area contributed by atoms with Crippen molar-refractivity contribution < 1.29 is 4.74 Å². The third-order valence-corrected chi connectivity index (χ3v) is 4.18. The maximum atomic E-state index is 6.00. The van der Waals surface area contributed by atoms with Crippen molar-refractivity contribution in [1.29, 1.82) is 0 Å². The van der Waals surface area contributed by atoms with Gasteiger partial charge in [-0.2, -0.15) is 0 Å². The Morgan fingerprint density at radius 3 is 2.91 bits per heavy atom. The predicted octanol–water partition coefficient (Wildman–Crippen LogP) is 2.75. The van der Waals surface area contributed by atoms with Gasteiger partial charge in [-0.25, -0.2) is 0 Å². The van der Waals surface area contributed by atoms with E-state index in [9.17, 15) is 0 Å². The van der Waals surface area contributed by atoms with E-state index >= 15 is 0 Å². The van der Waals surface area contributed by atoms with Gasteiger partial charge in [0.05, 0.1) is 6.61 Å². The van der Waals surface area contributed by atoms with Crippen LogP contribution in [0.1, 0.15) is 31.7 Å². The van der Waals surface area contributed by atoms with Gasteiger partial charge in [0.25, 0.3) is 0 Å². The fourth-order valence-corrected chi connectivity index (χ4v) is 2.99. The van der Waals surface area contributed by atoms with E-state index in [-0.39, 0.29) is 0 Å². The van der Waals surface area contributed by atoms with Gasteiger partial charge in [0.15, 0.2) is 0 Å². The van der Waals surface area contributed by atoms with Crippen LogP contribution < -0.4 is 10.2 Å². The molecule has 0 aromatic heterocycles. The normalized spacial score (nSPS) is 19.5. The molecule has 1 atom stereocenters. The van der Waals surface area contributed by atoms with Crippen molar-refractivity contribution in [3.8, 4) is 5.75 Å². The predicted molar refractivity (Wildman–Crippen MR) is 91.9 cm³/mol. The molecule has 2 rings (SSSR count). The van der Waals surface area contributed by atoms with Crippen LogP contribution in [0.15, 0.2) is 24.3 Å². The van der Waals surface area contributed by atoms with Crippen molar-refractivity contribution in [2.75, 3.05) is 40.3 Å². The first-order valence-electron chi connectivity index (χ1n) is 8.49. The highest BCUT2D eigenvalue weighted by Crippen LogP contribution is 2.19. The Morgan fingerprint density at radius 2 is 2.14 bits per heavy atom. The van der Waals surface area contributed by atoms with Crippen LogP contribution in [0.2, 0.25) is 0 Å². The molecule has 22 heavy (non-hydrogen) atoms. The highest BCUT2D eigenvalue weighted by molar-refractivity contribution is 5.33. The number of benzene rings is 1. The lowest BCUT2D eigenvalue weighted by atomic mass is 10.0. The Labute approximate surface area is 135 Å².